The quantitative estimate of drug-likeness (QED) is 0.801. The number of hydrogen-bond acceptors (Lipinski definition) is 4. The molecule has 1 amide bonds. The van der Waals surface area contributed by atoms with Gasteiger partial charge in [-0.2, -0.15) is 5.10 Å². The molecule has 1 aromatic rings. The first-order valence-electron chi connectivity index (χ1n) is 7.65. The minimum absolute atomic E-state index is 0. The molecule has 0 saturated carbocycles. The number of amides is 1. The van der Waals surface area contributed by atoms with Gasteiger partial charge in [-0.15, -0.1) is 12.4 Å². The summed E-state index contributed by atoms with van der Waals surface area (Å²) in [6.07, 6.45) is 2.71. The van der Waals surface area contributed by atoms with E-state index in [0.717, 1.165) is 36.6 Å². The number of aryl methyl sites for hydroxylation is 1. The predicted octanol–water partition coefficient (Wildman–Crippen LogP) is 1.90. The third-order valence-corrected chi connectivity index (χ3v) is 4.10. The van der Waals surface area contributed by atoms with Gasteiger partial charge in [-0.25, -0.2) is 0 Å². The number of aromatic nitrogens is 2. The summed E-state index contributed by atoms with van der Waals surface area (Å²) in [5, 5.41) is 10.8. The Bertz CT molecular complexity index is 484. The normalized spacial score (nSPS) is 17.3. The van der Waals surface area contributed by atoms with E-state index in [-0.39, 0.29) is 18.3 Å². The molecule has 1 aliphatic rings. The Balaban J connectivity index is 0.00000242. The first-order chi connectivity index (χ1) is 10.1. The highest BCUT2D eigenvalue weighted by Gasteiger charge is 2.17. The van der Waals surface area contributed by atoms with Gasteiger partial charge in [0.2, 0.25) is 5.91 Å². The number of anilines is 1. The first kappa shape index (κ1) is 18.9. The van der Waals surface area contributed by atoms with Crippen molar-refractivity contribution in [3.63, 3.8) is 0 Å². The third kappa shape index (κ3) is 4.97. The first-order valence-corrected chi connectivity index (χ1v) is 7.65. The maximum atomic E-state index is 12.1. The summed E-state index contributed by atoms with van der Waals surface area (Å²) in [5.41, 5.74) is 2.69. The van der Waals surface area contributed by atoms with Crippen LogP contribution in [0.5, 0.6) is 0 Å². The summed E-state index contributed by atoms with van der Waals surface area (Å²) in [5.74, 6) is 0.724. The fraction of sp³-hybridized carbons (Fsp3) is 0.733. The summed E-state index contributed by atoms with van der Waals surface area (Å²) >= 11 is 0. The van der Waals surface area contributed by atoms with Gasteiger partial charge in [0.05, 0.1) is 30.2 Å². The molecule has 2 N–H and O–H groups in total. The molecule has 0 aliphatic carbocycles. The van der Waals surface area contributed by atoms with E-state index in [9.17, 15) is 4.79 Å². The molecule has 7 heteroatoms. The van der Waals surface area contributed by atoms with Crippen LogP contribution in [0.15, 0.2) is 0 Å². The largest absolute Gasteiger partial charge is 0.383 e. The van der Waals surface area contributed by atoms with Crippen LogP contribution in [0.25, 0.3) is 0 Å². The van der Waals surface area contributed by atoms with Crippen LogP contribution in [0.4, 0.5) is 5.69 Å². The molecule has 0 aromatic carbocycles. The summed E-state index contributed by atoms with van der Waals surface area (Å²) in [6.45, 7) is 7.34. The fourth-order valence-electron chi connectivity index (χ4n) is 2.77. The van der Waals surface area contributed by atoms with Crippen LogP contribution >= 0.6 is 12.4 Å². The zero-order valence-electron chi connectivity index (χ0n) is 13.6. The van der Waals surface area contributed by atoms with Gasteiger partial charge in [0.25, 0.3) is 0 Å². The zero-order chi connectivity index (χ0) is 15.2. The number of nitrogens with zero attached hydrogens (tertiary/aromatic N) is 2. The highest BCUT2D eigenvalue weighted by Crippen LogP contribution is 2.21. The second-order valence-electron chi connectivity index (χ2n) is 5.71. The Labute approximate surface area is 138 Å². The van der Waals surface area contributed by atoms with Crippen molar-refractivity contribution >= 4 is 24.0 Å². The van der Waals surface area contributed by atoms with Gasteiger partial charge >= 0.3 is 0 Å². The summed E-state index contributed by atoms with van der Waals surface area (Å²) in [6, 6.07) is 0. The van der Waals surface area contributed by atoms with Gasteiger partial charge in [0.15, 0.2) is 0 Å². The highest BCUT2D eigenvalue weighted by atomic mass is 35.5. The topological polar surface area (TPSA) is 68.2 Å². The number of ether oxygens (including phenoxy) is 1. The minimum Gasteiger partial charge on any atom is -0.383 e. The number of carbonyl (C=O) groups excluding carboxylic acids is 1. The molecule has 0 spiro atoms. The maximum Gasteiger partial charge on any atom is 0.224 e. The molecule has 1 atom stereocenters. The van der Waals surface area contributed by atoms with Gasteiger partial charge < -0.3 is 15.4 Å². The van der Waals surface area contributed by atoms with E-state index in [0.29, 0.717) is 25.5 Å². The van der Waals surface area contributed by atoms with E-state index in [1.807, 2.05) is 18.5 Å². The van der Waals surface area contributed by atoms with Gasteiger partial charge in [0.1, 0.15) is 0 Å². The van der Waals surface area contributed by atoms with E-state index >= 15 is 0 Å². The lowest BCUT2D eigenvalue weighted by Crippen LogP contribution is -2.16. The maximum absolute atomic E-state index is 12.1. The standard InChI is InChI=1S/C15H26N4O2.ClH/c1-11-15(12(2)19(18-11)8-9-21-3)17-14(20)5-4-13-6-7-16-10-13;/h13,16H,4-10H2,1-3H3,(H,17,20);1H. The average molecular weight is 331 g/mol. The number of rotatable bonds is 7. The number of carbonyl (C=O) groups is 1. The highest BCUT2D eigenvalue weighted by molar-refractivity contribution is 5.91. The summed E-state index contributed by atoms with van der Waals surface area (Å²) in [4.78, 5) is 12.1. The van der Waals surface area contributed by atoms with Crippen molar-refractivity contribution in [3.8, 4) is 0 Å². The van der Waals surface area contributed by atoms with Crippen LogP contribution in [-0.4, -0.2) is 42.5 Å². The van der Waals surface area contributed by atoms with Crippen molar-refractivity contribution in [2.75, 3.05) is 32.1 Å². The number of halogens is 1. The summed E-state index contributed by atoms with van der Waals surface area (Å²) in [7, 11) is 1.67. The Morgan fingerprint density at radius 2 is 2.27 bits per heavy atom. The number of hydrogen-bond donors (Lipinski definition) is 2. The Morgan fingerprint density at radius 3 is 2.91 bits per heavy atom. The lowest BCUT2D eigenvalue weighted by atomic mass is 10.0. The predicted molar refractivity (Wildman–Crippen MR) is 89.7 cm³/mol. The van der Waals surface area contributed by atoms with E-state index in [1.54, 1.807) is 7.11 Å². The molecule has 6 nitrogen and oxygen atoms in total. The smallest absolute Gasteiger partial charge is 0.224 e. The van der Waals surface area contributed by atoms with Crippen molar-refractivity contribution in [2.24, 2.45) is 5.92 Å². The van der Waals surface area contributed by atoms with Gasteiger partial charge in [-0.3, -0.25) is 9.48 Å². The third-order valence-electron chi connectivity index (χ3n) is 4.10. The molecule has 1 fully saturated rings. The fourth-order valence-corrected chi connectivity index (χ4v) is 2.77. The molecular weight excluding hydrogens is 304 g/mol. The molecule has 2 rings (SSSR count). The van der Waals surface area contributed by atoms with Gasteiger partial charge in [-0.1, -0.05) is 0 Å². The van der Waals surface area contributed by atoms with Gasteiger partial charge in [-0.05, 0) is 45.7 Å². The molecule has 1 unspecified atom stereocenters. The Kier molecular flexibility index (Phi) is 7.85. The van der Waals surface area contributed by atoms with Crippen LogP contribution in [0.1, 0.15) is 30.7 Å². The van der Waals surface area contributed by atoms with E-state index in [2.05, 4.69) is 15.7 Å². The van der Waals surface area contributed by atoms with Crippen LogP contribution in [0.3, 0.4) is 0 Å². The van der Waals surface area contributed by atoms with E-state index in [4.69, 9.17) is 4.74 Å². The average Bonchev–Trinajstić information content (AvgIpc) is 3.07. The van der Waals surface area contributed by atoms with Crippen LogP contribution in [0.2, 0.25) is 0 Å². The molecule has 0 bridgehead atoms. The lowest BCUT2D eigenvalue weighted by Gasteiger charge is -2.09. The van der Waals surface area contributed by atoms with Crippen molar-refractivity contribution in [2.45, 2.75) is 39.7 Å². The van der Waals surface area contributed by atoms with Crippen molar-refractivity contribution in [1.82, 2.24) is 15.1 Å². The van der Waals surface area contributed by atoms with Crippen molar-refractivity contribution < 1.29 is 9.53 Å². The molecule has 0 radical (unpaired) electrons. The lowest BCUT2D eigenvalue weighted by molar-refractivity contribution is -0.116. The van der Waals surface area contributed by atoms with Crippen molar-refractivity contribution in [3.05, 3.63) is 11.4 Å². The SMILES string of the molecule is COCCn1nc(C)c(NC(=O)CCC2CCNC2)c1C.Cl. The summed E-state index contributed by atoms with van der Waals surface area (Å²) < 4.78 is 6.96. The van der Waals surface area contributed by atoms with Crippen LogP contribution in [0, 0.1) is 19.8 Å². The number of nitrogens with one attached hydrogen (secondary N) is 2. The molecule has 1 saturated heterocycles. The van der Waals surface area contributed by atoms with Gasteiger partial charge in [0, 0.05) is 13.5 Å². The minimum atomic E-state index is 0. The second kappa shape index (κ2) is 9.12. The van der Waals surface area contributed by atoms with E-state index < -0.39 is 0 Å². The molecule has 1 aromatic heterocycles. The molecule has 2 heterocycles. The Morgan fingerprint density at radius 1 is 1.50 bits per heavy atom. The van der Waals surface area contributed by atoms with Crippen LogP contribution < -0.4 is 10.6 Å². The molecule has 22 heavy (non-hydrogen) atoms. The molecular formula is C15H27ClN4O2. The molecule has 126 valence electrons. The van der Waals surface area contributed by atoms with Crippen LogP contribution in [-0.2, 0) is 16.1 Å². The van der Waals surface area contributed by atoms with Crippen molar-refractivity contribution in [1.29, 1.82) is 0 Å². The van der Waals surface area contributed by atoms with E-state index in [1.165, 1.54) is 6.42 Å². The molecule has 1 aliphatic heterocycles. The number of methoxy groups -OCH3 is 1. The monoisotopic (exact) mass is 330 g/mol. The Hall–Kier alpha value is -1.11. The zero-order valence-corrected chi connectivity index (χ0v) is 14.5. The second-order valence-corrected chi connectivity index (χ2v) is 5.71.